The van der Waals surface area contributed by atoms with Crippen molar-refractivity contribution in [2.45, 2.75) is 24.3 Å². The minimum Gasteiger partial charge on any atom is -0.480 e. The Morgan fingerprint density at radius 3 is 2.44 bits per heavy atom. The summed E-state index contributed by atoms with van der Waals surface area (Å²) < 4.78 is -0.648. The highest BCUT2D eigenvalue weighted by Crippen LogP contribution is 2.28. The van der Waals surface area contributed by atoms with Gasteiger partial charge in [-0.15, -0.1) is 11.8 Å². The van der Waals surface area contributed by atoms with Crippen molar-refractivity contribution in [3.05, 3.63) is 35.9 Å². The molecule has 18 heavy (non-hydrogen) atoms. The van der Waals surface area contributed by atoms with Crippen LogP contribution < -0.4 is 5.32 Å². The van der Waals surface area contributed by atoms with E-state index in [1.54, 1.807) is 13.8 Å². The van der Waals surface area contributed by atoms with Gasteiger partial charge in [0.2, 0.25) is 5.91 Å². The third-order valence-corrected chi connectivity index (χ3v) is 3.77. The summed E-state index contributed by atoms with van der Waals surface area (Å²) in [4.78, 5) is 22.2. The number of carbonyl (C=O) groups is 2. The molecular formula is C13H17NO3S. The number of hydrogen-bond acceptors (Lipinski definition) is 3. The molecule has 0 aliphatic carbocycles. The number of carboxylic acids is 1. The number of amides is 1. The zero-order valence-electron chi connectivity index (χ0n) is 10.5. The summed E-state index contributed by atoms with van der Waals surface area (Å²) in [5, 5.41) is 10.9. The molecule has 0 saturated heterocycles. The Hall–Kier alpha value is -1.49. The second kappa shape index (κ2) is 6.44. The van der Waals surface area contributed by atoms with E-state index < -0.39 is 10.7 Å². The lowest BCUT2D eigenvalue weighted by molar-refractivity contribution is -0.138. The molecule has 5 heteroatoms. The SMILES string of the molecule is CC(C)(SCc1ccccc1)C(=O)NCC(=O)O. The molecule has 1 aromatic carbocycles. The molecule has 0 aromatic heterocycles. The Morgan fingerprint density at radius 2 is 1.89 bits per heavy atom. The highest BCUT2D eigenvalue weighted by molar-refractivity contribution is 8.00. The molecule has 0 heterocycles. The van der Waals surface area contributed by atoms with Crippen LogP contribution in [0.5, 0.6) is 0 Å². The average molecular weight is 267 g/mol. The molecule has 2 N–H and O–H groups in total. The Labute approximate surface area is 111 Å². The van der Waals surface area contributed by atoms with Gasteiger partial charge in [0.25, 0.3) is 0 Å². The Kier molecular flexibility index (Phi) is 5.22. The summed E-state index contributed by atoms with van der Waals surface area (Å²) in [7, 11) is 0. The van der Waals surface area contributed by atoms with E-state index in [0.717, 1.165) is 5.56 Å². The lowest BCUT2D eigenvalue weighted by Gasteiger charge is -2.22. The van der Waals surface area contributed by atoms with Crippen LogP contribution >= 0.6 is 11.8 Å². The topological polar surface area (TPSA) is 66.4 Å². The van der Waals surface area contributed by atoms with E-state index in [2.05, 4.69) is 5.32 Å². The molecular weight excluding hydrogens is 250 g/mol. The van der Waals surface area contributed by atoms with Crippen molar-refractivity contribution in [2.75, 3.05) is 6.54 Å². The van der Waals surface area contributed by atoms with Crippen LogP contribution in [0.1, 0.15) is 19.4 Å². The highest BCUT2D eigenvalue weighted by Gasteiger charge is 2.28. The minimum absolute atomic E-state index is 0.258. The fraction of sp³-hybridized carbons (Fsp3) is 0.385. The van der Waals surface area contributed by atoms with Crippen LogP contribution in [0.25, 0.3) is 0 Å². The van der Waals surface area contributed by atoms with E-state index in [9.17, 15) is 9.59 Å². The normalized spacial score (nSPS) is 11.0. The van der Waals surface area contributed by atoms with E-state index in [-0.39, 0.29) is 12.5 Å². The molecule has 1 amide bonds. The Balaban J connectivity index is 2.48. The second-order valence-electron chi connectivity index (χ2n) is 4.36. The van der Waals surface area contributed by atoms with Gasteiger partial charge < -0.3 is 10.4 Å². The van der Waals surface area contributed by atoms with Crippen molar-refractivity contribution in [1.29, 1.82) is 0 Å². The van der Waals surface area contributed by atoms with E-state index in [0.29, 0.717) is 5.75 Å². The molecule has 0 atom stereocenters. The van der Waals surface area contributed by atoms with Crippen LogP contribution in [0.4, 0.5) is 0 Å². The zero-order valence-corrected chi connectivity index (χ0v) is 11.3. The molecule has 1 rings (SSSR count). The molecule has 0 bridgehead atoms. The summed E-state index contributed by atoms with van der Waals surface area (Å²) >= 11 is 1.49. The van der Waals surface area contributed by atoms with E-state index >= 15 is 0 Å². The first-order chi connectivity index (χ1) is 8.42. The van der Waals surface area contributed by atoms with Crippen LogP contribution in [0.3, 0.4) is 0 Å². The highest BCUT2D eigenvalue weighted by atomic mass is 32.2. The third kappa shape index (κ3) is 4.79. The lowest BCUT2D eigenvalue weighted by Crippen LogP contribution is -2.42. The van der Waals surface area contributed by atoms with Crippen molar-refractivity contribution >= 4 is 23.6 Å². The fourth-order valence-corrected chi connectivity index (χ4v) is 2.20. The van der Waals surface area contributed by atoms with Gasteiger partial charge in [-0.05, 0) is 19.4 Å². The maximum Gasteiger partial charge on any atom is 0.322 e. The number of thioether (sulfide) groups is 1. The van der Waals surface area contributed by atoms with Crippen molar-refractivity contribution < 1.29 is 14.7 Å². The van der Waals surface area contributed by atoms with Gasteiger partial charge in [-0.1, -0.05) is 30.3 Å². The molecule has 0 unspecified atom stereocenters. The van der Waals surface area contributed by atoms with Gasteiger partial charge in [-0.3, -0.25) is 9.59 Å². The molecule has 0 spiro atoms. The number of benzene rings is 1. The smallest absolute Gasteiger partial charge is 0.322 e. The monoisotopic (exact) mass is 267 g/mol. The van der Waals surface area contributed by atoms with Crippen LogP contribution in [0.2, 0.25) is 0 Å². The first-order valence-corrected chi connectivity index (χ1v) is 6.58. The summed E-state index contributed by atoms with van der Waals surface area (Å²) in [5.74, 6) is -0.577. The van der Waals surface area contributed by atoms with Crippen molar-refractivity contribution in [1.82, 2.24) is 5.32 Å². The van der Waals surface area contributed by atoms with Crippen molar-refractivity contribution in [3.8, 4) is 0 Å². The van der Waals surface area contributed by atoms with E-state index in [4.69, 9.17) is 5.11 Å². The second-order valence-corrected chi connectivity index (χ2v) is 5.96. The quantitative estimate of drug-likeness (QED) is 0.826. The summed E-state index contributed by atoms with van der Waals surface area (Å²) in [6.07, 6.45) is 0. The van der Waals surface area contributed by atoms with Crippen LogP contribution in [0.15, 0.2) is 30.3 Å². The molecule has 0 aliphatic heterocycles. The predicted molar refractivity (Wildman–Crippen MR) is 72.5 cm³/mol. The molecule has 4 nitrogen and oxygen atoms in total. The standard InChI is InChI=1S/C13H17NO3S/c1-13(2,12(17)14-8-11(15)16)18-9-10-6-4-3-5-7-10/h3-7H,8-9H2,1-2H3,(H,14,17)(H,15,16). The van der Waals surface area contributed by atoms with Crippen molar-refractivity contribution in [2.24, 2.45) is 0 Å². The molecule has 98 valence electrons. The van der Waals surface area contributed by atoms with E-state index in [1.165, 1.54) is 11.8 Å². The van der Waals surface area contributed by atoms with Crippen LogP contribution in [0, 0.1) is 0 Å². The first kappa shape index (κ1) is 14.6. The Morgan fingerprint density at radius 1 is 1.28 bits per heavy atom. The number of aliphatic carboxylic acids is 1. The number of hydrogen-bond donors (Lipinski definition) is 2. The first-order valence-electron chi connectivity index (χ1n) is 5.60. The lowest BCUT2D eigenvalue weighted by atomic mass is 10.2. The number of rotatable bonds is 6. The zero-order chi connectivity index (χ0) is 13.6. The molecule has 0 fully saturated rings. The van der Waals surface area contributed by atoms with Gasteiger partial charge in [0.1, 0.15) is 6.54 Å². The van der Waals surface area contributed by atoms with Gasteiger partial charge in [-0.25, -0.2) is 0 Å². The predicted octanol–water partition coefficient (Wildman–Crippen LogP) is 1.90. The molecule has 0 saturated carbocycles. The van der Waals surface area contributed by atoms with Gasteiger partial charge in [0.15, 0.2) is 0 Å². The molecule has 0 radical (unpaired) electrons. The van der Waals surface area contributed by atoms with Gasteiger partial charge in [-0.2, -0.15) is 0 Å². The fourth-order valence-electron chi connectivity index (χ4n) is 1.27. The summed E-state index contributed by atoms with van der Waals surface area (Å²) in [5.41, 5.74) is 1.14. The summed E-state index contributed by atoms with van der Waals surface area (Å²) in [6.45, 7) is 3.24. The Bertz CT molecular complexity index is 418. The van der Waals surface area contributed by atoms with Crippen LogP contribution in [-0.4, -0.2) is 28.3 Å². The van der Waals surface area contributed by atoms with Gasteiger partial charge in [0, 0.05) is 5.75 Å². The molecule has 1 aromatic rings. The minimum atomic E-state index is -1.03. The maximum absolute atomic E-state index is 11.8. The van der Waals surface area contributed by atoms with Gasteiger partial charge >= 0.3 is 5.97 Å². The largest absolute Gasteiger partial charge is 0.480 e. The average Bonchev–Trinajstić information content (AvgIpc) is 2.34. The van der Waals surface area contributed by atoms with Gasteiger partial charge in [0.05, 0.1) is 4.75 Å². The number of carboxylic acid groups (broad SMARTS) is 1. The van der Waals surface area contributed by atoms with E-state index in [1.807, 2.05) is 30.3 Å². The third-order valence-electron chi connectivity index (χ3n) is 2.39. The van der Waals surface area contributed by atoms with Crippen molar-refractivity contribution in [3.63, 3.8) is 0 Å². The number of nitrogens with one attached hydrogen (secondary N) is 1. The molecule has 0 aliphatic rings. The maximum atomic E-state index is 11.8. The van der Waals surface area contributed by atoms with Crippen LogP contribution in [-0.2, 0) is 15.3 Å². The summed E-state index contributed by atoms with van der Waals surface area (Å²) in [6, 6.07) is 9.84. The number of carbonyl (C=O) groups excluding carboxylic acids is 1.